The van der Waals surface area contributed by atoms with E-state index in [4.69, 9.17) is 21.3 Å². The summed E-state index contributed by atoms with van der Waals surface area (Å²) in [5, 5.41) is 28.3. The molecular weight excluding hydrogens is 496 g/mol. The molecule has 196 valence electrons. The summed E-state index contributed by atoms with van der Waals surface area (Å²) in [6.45, 7) is 0. The number of aliphatic carboxylic acids is 1. The molecule has 1 unspecified atom stereocenters. The predicted octanol–water partition coefficient (Wildman–Crippen LogP) is 4.32. The summed E-state index contributed by atoms with van der Waals surface area (Å²) in [5.74, 6) is 0.136. The number of rotatable bonds is 8. The predicted molar refractivity (Wildman–Crippen MR) is 151 cm³/mol. The van der Waals surface area contributed by atoms with Crippen molar-refractivity contribution in [1.29, 1.82) is 5.41 Å². The summed E-state index contributed by atoms with van der Waals surface area (Å²) in [4.78, 5) is 32.8. The van der Waals surface area contributed by atoms with Gasteiger partial charge in [-0.05, 0) is 55.3 Å². The quantitative estimate of drug-likeness (QED) is 0.169. The first-order valence-corrected chi connectivity index (χ1v) is 12.3. The largest absolute Gasteiger partial charge is 0.481 e. The Balaban J connectivity index is 1.40. The summed E-state index contributed by atoms with van der Waals surface area (Å²) < 4.78 is 1.69. The molecule has 5 rings (SSSR count). The lowest BCUT2D eigenvalue weighted by molar-refractivity contribution is -0.137. The first-order chi connectivity index (χ1) is 18.9. The molecule has 11 nitrogen and oxygen atoms in total. The molecule has 0 bridgehead atoms. The molecule has 0 saturated heterocycles. The van der Waals surface area contributed by atoms with E-state index in [1.54, 1.807) is 41.1 Å². The summed E-state index contributed by atoms with van der Waals surface area (Å²) in [6, 6.07) is 17.9. The van der Waals surface area contributed by atoms with E-state index in [0.717, 1.165) is 16.6 Å². The van der Waals surface area contributed by atoms with Crippen molar-refractivity contribution in [2.45, 2.75) is 25.3 Å². The maximum absolute atomic E-state index is 12.9. The van der Waals surface area contributed by atoms with Crippen molar-refractivity contribution in [3.63, 3.8) is 0 Å². The molecule has 1 aliphatic rings. The van der Waals surface area contributed by atoms with Gasteiger partial charge in [-0.3, -0.25) is 14.6 Å². The van der Waals surface area contributed by atoms with Crippen LogP contribution in [0.15, 0.2) is 77.3 Å². The number of hydrogen-bond donors (Lipinski definition) is 5. The van der Waals surface area contributed by atoms with Crippen LogP contribution in [-0.4, -0.2) is 50.2 Å². The van der Waals surface area contributed by atoms with Crippen molar-refractivity contribution in [3.05, 3.63) is 77.9 Å². The lowest BCUT2D eigenvalue weighted by atomic mass is 10.1. The highest BCUT2D eigenvalue weighted by atomic mass is 16.4. The number of nitrogens with zero attached hydrogens (tertiary/aromatic N) is 4. The zero-order valence-corrected chi connectivity index (χ0v) is 20.8. The van der Waals surface area contributed by atoms with E-state index in [0.29, 0.717) is 47.1 Å². The number of fused-ring (bicyclic) bond motifs is 1. The van der Waals surface area contributed by atoms with Gasteiger partial charge in [0.05, 0.1) is 23.6 Å². The third-order valence-corrected chi connectivity index (χ3v) is 6.25. The zero-order valence-electron chi connectivity index (χ0n) is 20.8. The van der Waals surface area contributed by atoms with Crippen LogP contribution >= 0.6 is 0 Å². The standard InChI is InChI=1S/C28H26N8O3/c29-15-18-13-20(11-12-22(18)30)32-27-21-7-1-2-8-23(21)36(35-27)25-10-4-9-24(33-25)34-28(39)17-5-3-6-19(31-16-17)14-26(37)38/h1-2,4-5,7-13,15-16,19,29H,3,6,14,30H2,(H,32,35)(H,37,38)(H,33,34,39). The van der Waals surface area contributed by atoms with Crippen LogP contribution in [0.3, 0.4) is 0 Å². The number of pyridine rings is 1. The molecule has 4 aromatic rings. The number of aromatic nitrogens is 3. The van der Waals surface area contributed by atoms with Crippen molar-refractivity contribution in [2.24, 2.45) is 4.99 Å². The second-order valence-electron chi connectivity index (χ2n) is 8.99. The van der Waals surface area contributed by atoms with Crippen molar-refractivity contribution >= 4 is 58.2 Å². The van der Waals surface area contributed by atoms with Gasteiger partial charge in [0.15, 0.2) is 11.6 Å². The minimum Gasteiger partial charge on any atom is -0.481 e. The molecule has 1 amide bonds. The second-order valence-corrected chi connectivity index (χ2v) is 8.99. The topological polar surface area (TPSA) is 171 Å². The minimum atomic E-state index is -0.917. The Kier molecular flexibility index (Phi) is 7.13. The number of carboxylic acids is 1. The molecule has 11 heteroatoms. The highest BCUT2D eigenvalue weighted by Crippen LogP contribution is 2.29. The van der Waals surface area contributed by atoms with E-state index in [9.17, 15) is 9.59 Å². The smallest absolute Gasteiger partial charge is 0.305 e. The minimum absolute atomic E-state index is 0.0698. The lowest BCUT2D eigenvalue weighted by Crippen LogP contribution is -2.17. The Morgan fingerprint density at radius 3 is 2.82 bits per heavy atom. The van der Waals surface area contributed by atoms with Crippen LogP contribution in [0.25, 0.3) is 16.7 Å². The maximum Gasteiger partial charge on any atom is 0.305 e. The van der Waals surface area contributed by atoms with Gasteiger partial charge < -0.3 is 26.9 Å². The highest BCUT2D eigenvalue weighted by molar-refractivity contribution is 6.17. The van der Waals surface area contributed by atoms with Gasteiger partial charge in [0.2, 0.25) is 0 Å². The molecule has 1 atom stereocenters. The number of carbonyl (C=O) groups excluding carboxylic acids is 1. The van der Waals surface area contributed by atoms with Crippen molar-refractivity contribution in [1.82, 2.24) is 14.8 Å². The van der Waals surface area contributed by atoms with E-state index >= 15 is 0 Å². The Hall–Kier alpha value is -5.32. The van der Waals surface area contributed by atoms with Gasteiger partial charge in [0, 0.05) is 34.8 Å². The molecule has 0 saturated carbocycles. The molecule has 6 N–H and O–H groups in total. The van der Waals surface area contributed by atoms with Gasteiger partial charge in [0.25, 0.3) is 5.91 Å². The first-order valence-electron chi connectivity index (χ1n) is 12.3. The highest BCUT2D eigenvalue weighted by Gasteiger charge is 2.17. The molecule has 0 aliphatic carbocycles. The fraction of sp³-hybridized carbons (Fsp3) is 0.143. The number of hydrogen-bond acceptors (Lipinski definition) is 8. The Bertz CT molecular complexity index is 1640. The van der Waals surface area contributed by atoms with Crippen molar-refractivity contribution < 1.29 is 14.7 Å². The normalized spacial score (nSPS) is 14.9. The average molecular weight is 523 g/mol. The fourth-order valence-electron chi connectivity index (χ4n) is 4.30. The molecule has 3 heterocycles. The second kappa shape index (κ2) is 11.0. The van der Waals surface area contributed by atoms with Gasteiger partial charge in [-0.15, -0.1) is 5.10 Å². The molecule has 2 aromatic heterocycles. The third-order valence-electron chi connectivity index (χ3n) is 6.25. The Morgan fingerprint density at radius 1 is 1.15 bits per heavy atom. The molecule has 2 aromatic carbocycles. The van der Waals surface area contributed by atoms with Crippen LogP contribution in [0.4, 0.5) is 23.0 Å². The van der Waals surface area contributed by atoms with Gasteiger partial charge >= 0.3 is 5.97 Å². The number of allylic oxidation sites excluding steroid dienone is 1. The van der Waals surface area contributed by atoms with Crippen molar-refractivity contribution in [3.8, 4) is 5.82 Å². The lowest BCUT2D eigenvalue weighted by Gasteiger charge is -2.08. The first kappa shape index (κ1) is 25.3. The summed E-state index contributed by atoms with van der Waals surface area (Å²) >= 11 is 0. The summed E-state index contributed by atoms with van der Waals surface area (Å²) in [5.41, 5.74) is 8.93. The van der Waals surface area contributed by atoms with Crippen LogP contribution in [-0.2, 0) is 9.59 Å². The number of amides is 1. The molecular formula is C28H26N8O3. The van der Waals surface area contributed by atoms with Gasteiger partial charge in [-0.25, -0.2) is 9.67 Å². The average Bonchev–Trinajstić information content (AvgIpc) is 3.12. The van der Waals surface area contributed by atoms with Crippen LogP contribution in [0.2, 0.25) is 0 Å². The Labute approximate surface area is 223 Å². The number of anilines is 4. The SMILES string of the molecule is N=Cc1cc(Nc2nn(-c3cccc(NC(=O)C4=CCCC(CC(=O)O)N=C4)n3)c3ccccc23)ccc1N. The van der Waals surface area contributed by atoms with Crippen LogP contribution in [0.1, 0.15) is 24.8 Å². The molecule has 0 spiro atoms. The number of nitrogens with one attached hydrogen (secondary N) is 3. The summed E-state index contributed by atoms with van der Waals surface area (Å²) in [7, 11) is 0. The molecule has 39 heavy (non-hydrogen) atoms. The fourth-order valence-corrected chi connectivity index (χ4v) is 4.30. The van der Waals surface area contributed by atoms with E-state index < -0.39 is 5.97 Å². The van der Waals surface area contributed by atoms with E-state index in [1.165, 1.54) is 12.4 Å². The molecule has 1 aliphatic heterocycles. The number of para-hydroxylation sites is 1. The number of aliphatic imine (C=N–C) groups is 1. The monoisotopic (exact) mass is 522 g/mol. The number of carbonyl (C=O) groups is 2. The van der Waals surface area contributed by atoms with Crippen LogP contribution < -0.4 is 16.4 Å². The summed E-state index contributed by atoms with van der Waals surface area (Å²) in [6.07, 6.45) is 5.43. The zero-order chi connectivity index (χ0) is 27.4. The number of nitrogens with two attached hydrogens (primary N) is 1. The van der Waals surface area contributed by atoms with Crippen molar-refractivity contribution in [2.75, 3.05) is 16.4 Å². The van der Waals surface area contributed by atoms with E-state index in [1.807, 2.05) is 30.3 Å². The molecule has 0 fully saturated rings. The number of benzene rings is 2. The van der Waals surface area contributed by atoms with Gasteiger partial charge in [0.1, 0.15) is 5.82 Å². The van der Waals surface area contributed by atoms with Crippen LogP contribution in [0, 0.1) is 5.41 Å². The number of nitrogen functional groups attached to an aromatic ring is 1. The molecule has 0 radical (unpaired) electrons. The maximum atomic E-state index is 12.9. The Morgan fingerprint density at radius 2 is 2.00 bits per heavy atom. The van der Waals surface area contributed by atoms with Gasteiger partial charge in [-0.2, -0.15) is 0 Å². The van der Waals surface area contributed by atoms with Crippen LogP contribution in [0.5, 0.6) is 0 Å². The third kappa shape index (κ3) is 5.67. The van der Waals surface area contributed by atoms with Gasteiger partial charge in [-0.1, -0.05) is 24.3 Å². The number of carboxylic acid groups (broad SMARTS) is 1. The van der Waals surface area contributed by atoms with E-state index in [-0.39, 0.29) is 18.4 Å². The van der Waals surface area contributed by atoms with E-state index in [2.05, 4.69) is 20.6 Å².